The average Bonchev–Trinajstić information content (AvgIpc) is 3.20. The van der Waals surface area contributed by atoms with Gasteiger partial charge in [-0.2, -0.15) is 0 Å². The van der Waals surface area contributed by atoms with Crippen LogP contribution in [0.2, 0.25) is 0 Å². The maximum absolute atomic E-state index is 12.4. The number of esters is 1. The summed E-state index contributed by atoms with van der Waals surface area (Å²) in [7, 11) is 0. The van der Waals surface area contributed by atoms with Crippen LogP contribution in [0.1, 0.15) is 43.2 Å². The lowest BCUT2D eigenvalue weighted by Crippen LogP contribution is -2.19. The van der Waals surface area contributed by atoms with E-state index in [4.69, 9.17) is 4.74 Å². The summed E-state index contributed by atoms with van der Waals surface area (Å²) in [5, 5.41) is 0. The van der Waals surface area contributed by atoms with Crippen LogP contribution in [-0.2, 0) is 4.79 Å². The van der Waals surface area contributed by atoms with Gasteiger partial charge in [0.15, 0.2) is 0 Å². The van der Waals surface area contributed by atoms with E-state index in [0.29, 0.717) is 18.1 Å². The fraction of sp³-hybridized carbons (Fsp3) is 0.435. The molecule has 0 aromatic heterocycles. The third kappa shape index (κ3) is 3.49. The molecule has 0 N–H and O–H groups in total. The van der Waals surface area contributed by atoms with Crippen molar-refractivity contribution >= 4 is 5.97 Å². The molecular weight excluding hydrogens is 308 g/mol. The van der Waals surface area contributed by atoms with Gasteiger partial charge in [0.1, 0.15) is 5.75 Å². The smallest absolute Gasteiger partial charge is 0.311 e. The van der Waals surface area contributed by atoms with Crippen LogP contribution in [0.25, 0.3) is 11.1 Å². The summed E-state index contributed by atoms with van der Waals surface area (Å²) in [4.78, 5) is 12.4. The zero-order valence-electron chi connectivity index (χ0n) is 15.1. The summed E-state index contributed by atoms with van der Waals surface area (Å²) in [5.74, 6) is 2.83. The second kappa shape index (κ2) is 6.67. The second-order valence-electron chi connectivity index (χ2n) is 7.96. The van der Waals surface area contributed by atoms with E-state index in [1.54, 1.807) is 0 Å². The van der Waals surface area contributed by atoms with Crippen LogP contribution in [0.4, 0.5) is 0 Å². The topological polar surface area (TPSA) is 26.3 Å². The van der Waals surface area contributed by atoms with Crippen LogP contribution in [0, 0.1) is 31.6 Å². The first-order valence-electron chi connectivity index (χ1n) is 9.47. The van der Waals surface area contributed by atoms with E-state index in [9.17, 15) is 4.79 Å². The number of hydrogen-bond donors (Lipinski definition) is 0. The van der Waals surface area contributed by atoms with Crippen molar-refractivity contribution in [1.29, 1.82) is 0 Å². The molecule has 0 spiro atoms. The highest BCUT2D eigenvalue weighted by Gasteiger charge is 2.40. The van der Waals surface area contributed by atoms with Gasteiger partial charge in [0.25, 0.3) is 0 Å². The van der Waals surface area contributed by atoms with Crippen molar-refractivity contribution in [2.45, 2.75) is 46.0 Å². The summed E-state index contributed by atoms with van der Waals surface area (Å²) < 4.78 is 5.69. The quantitative estimate of drug-likeness (QED) is 0.529. The van der Waals surface area contributed by atoms with Gasteiger partial charge in [-0.1, -0.05) is 42.3 Å². The third-order valence-electron chi connectivity index (χ3n) is 6.10. The zero-order valence-corrected chi connectivity index (χ0v) is 15.1. The SMILES string of the molecule is Cc1ccc(-c2ccc(OC(=O)C[C@H]3C[C@H]4CC[C@H]3C4)c(C)c2)cc1. The van der Waals surface area contributed by atoms with E-state index in [0.717, 1.165) is 23.0 Å². The van der Waals surface area contributed by atoms with Gasteiger partial charge < -0.3 is 4.74 Å². The highest BCUT2D eigenvalue weighted by atomic mass is 16.5. The lowest BCUT2D eigenvalue weighted by atomic mass is 9.86. The largest absolute Gasteiger partial charge is 0.426 e. The highest BCUT2D eigenvalue weighted by molar-refractivity contribution is 5.74. The fourth-order valence-corrected chi connectivity index (χ4v) is 4.69. The Labute approximate surface area is 150 Å². The van der Waals surface area contributed by atoms with Crippen molar-refractivity contribution in [3.8, 4) is 16.9 Å². The van der Waals surface area contributed by atoms with Gasteiger partial charge in [-0.3, -0.25) is 4.79 Å². The first-order valence-corrected chi connectivity index (χ1v) is 9.47. The van der Waals surface area contributed by atoms with E-state index >= 15 is 0 Å². The monoisotopic (exact) mass is 334 g/mol. The molecule has 0 saturated heterocycles. The van der Waals surface area contributed by atoms with Gasteiger partial charge >= 0.3 is 5.97 Å². The van der Waals surface area contributed by atoms with E-state index in [2.05, 4.69) is 37.3 Å². The molecule has 25 heavy (non-hydrogen) atoms. The van der Waals surface area contributed by atoms with Gasteiger partial charge in [0.05, 0.1) is 0 Å². The predicted octanol–water partition coefficient (Wildman–Crippen LogP) is 5.70. The van der Waals surface area contributed by atoms with Crippen molar-refractivity contribution < 1.29 is 9.53 Å². The molecule has 2 bridgehead atoms. The van der Waals surface area contributed by atoms with Crippen LogP contribution >= 0.6 is 0 Å². The van der Waals surface area contributed by atoms with Gasteiger partial charge in [0.2, 0.25) is 0 Å². The summed E-state index contributed by atoms with van der Waals surface area (Å²) in [6.45, 7) is 4.10. The molecule has 2 fully saturated rings. The Morgan fingerprint density at radius 2 is 1.76 bits per heavy atom. The summed E-state index contributed by atoms with van der Waals surface area (Å²) >= 11 is 0. The first kappa shape index (κ1) is 16.4. The molecule has 130 valence electrons. The van der Waals surface area contributed by atoms with Crippen molar-refractivity contribution in [3.63, 3.8) is 0 Å². The molecule has 2 aromatic rings. The highest BCUT2D eigenvalue weighted by Crippen LogP contribution is 2.49. The average molecular weight is 334 g/mol. The number of carbonyl (C=O) groups is 1. The standard InChI is InChI=1S/C23H26O2/c1-15-3-6-18(7-4-15)19-9-10-22(16(2)11-19)25-23(24)14-21-13-17-5-8-20(21)12-17/h3-4,6-7,9-11,17,20-21H,5,8,12-14H2,1-2H3/t17-,20-,21+/m0/s1. The van der Waals surface area contributed by atoms with Gasteiger partial charge in [-0.25, -0.2) is 0 Å². The van der Waals surface area contributed by atoms with Crippen molar-refractivity contribution in [3.05, 3.63) is 53.6 Å². The lowest BCUT2D eigenvalue weighted by Gasteiger charge is -2.20. The van der Waals surface area contributed by atoms with Crippen LogP contribution < -0.4 is 4.74 Å². The molecule has 2 saturated carbocycles. The molecule has 4 rings (SSSR count). The predicted molar refractivity (Wildman–Crippen MR) is 101 cm³/mol. The molecule has 0 aliphatic heterocycles. The van der Waals surface area contributed by atoms with Gasteiger partial charge in [0, 0.05) is 6.42 Å². The molecule has 0 amide bonds. The van der Waals surface area contributed by atoms with Crippen LogP contribution in [0.15, 0.2) is 42.5 Å². The molecular formula is C23H26O2. The second-order valence-corrected chi connectivity index (χ2v) is 7.96. The Morgan fingerprint density at radius 1 is 1.00 bits per heavy atom. The third-order valence-corrected chi connectivity index (χ3v) is 6.10. The Hall–Kier alpha value is -2.09. The maximum atomic E-state index is 12.4. The molecule has 2 aromatic carbocycles. The Balaban J connectivity index is 1.42. The number of carbonyl (C=O) groups excluding carboxylic acids is 1. The number of rotatable bonds is 4. The molecule has 2 heteroatoms. The number of ether oxygens (including phenoxy) is 1. The van der Waals surface area contributed by atoms with Crippen LogP contribution in [0.5, 0.6) is 5.75 Å². The molecule has 0 unspecified atom stereocenters. The van der Waals surface area contributed by atoms with E-state index in [-0.39, 0.29) is 5.97 Å². The van der Waals surface area contributed by atoms with Crippen LogP contribution in [0.3, 0.4) is 0 Å². The van der Waals surface area contributed by atoms with Gasteiger partial charge in [-0.05, 0) is 79.7 Å². The van der Waals surface area contributed by atoms with Crippen molar-refractivity contribution in [1.82, 2.24) is 0 Å². The maximum Gasteiger partial charge on any atom is 0.311 e. The number of hydrogen-bond acceptors (Lipinski definition) is 2. The molecule has 3 atom stereocenters. The minimum absolute atomic E-state index is 0.0660. The number of aryl methyl sites for hydroxylation is 2. The number of benzene rings is 2. The first-order chi connectivity index (χ1) is 12.1. The molecule has 2 aliphatic rings. The van der Waals surface area contributed by atoms with E-state index < -0.39 is 0 Å². The molecule has 0 radical (unpaired) electrons. The lowest BCUT2D eigenvalue weighted by molar-refractivity contribution is -0.135. The van der Waals surface area contributed by atoms with Crippen LogP contribution in [-0.4, -0.2) is 5.97 Å². The Bertz CT molecular complexity index is 775. The minimum atomic E-state index is -0.0660. The molecule has 2 aliphatic carbocycles. The zero-order chi connectivity index (χ0) is 17.4. The normalized spacial score (nSPS) is 24.5. The van der Waals surface area contributed by atoms with Crippen molar-refractivity contribution in [2.24, 2.45) is 17.8 Å². The Morgan fingerprint density at radius 3 is 2.40 bits per heavy atom. The number of fused-ring (bicyclic) bond motifs is 2. The van der Waals surface area contributed by atoms with E-state index in [1.165, 1.54) is 36.8 Å². The summed E-state index contributed by atoms with van der Waals surface area (Å²) in [6, 6.07) is 14.6. The van der Waals surface area contributed by atoms with E-state index in [1.807, 2.05) is 19.1 Å². The minimum Gasteiger partial charge on any atom is -0.426 e. The Kier molecular flexibility index (Phi) is 4.37. The van der Waals surface area contributed by atoms with Crippen molar-refractivity contribution in [2.75, 3.05) is 0 Å². The van der Waals surface area contributed by atoms with Gasteiger partial charge in [-0.15, -0.1) is 0 Å². The summed E-state index contributed by atoms with van der Waals surface area (Å²) in [5.41, 5.74) is 4.62. The molecule has 2 nitrogen and oxygen atoms in total. The molecule has 0 heterocycles. The fourth-order valence-electron chi connectivity index (χ4n) is 4.69. The summed E-state index contributed by atoms with van der Waals surface area (Å²) in [6.07, 6.45) is 5.83.